The molecule has 0 aliphatic carbocycles. The Labute approximate surface area is 201 Å². The lowest BCUT2D eigenvalue weighted by molar-refractivity contribution is -0.133. The summed E-state index contributed by atoms with van der Waals surface area (Å²) in [6.45, 7) is 5.32. The molecule has 1 aromatic carbocycles. The number of para-hydroxylation sites is 1. The van der Waals surface area contributed by atoms with Gasteiger partial charge in [0.25, 0.3) is 5.89 Å². The van der Waals surface area contributed by atoms with Gasteiger partial charge in [-0.05, 0) is 49.4 Å². The number of carbonyl (C=O) groups is 1. The summed E-state index contributed by atoms with van der Waals surface area (Å²) in [6.07, 6.45) is 3.08. The Balaban J connectivity index is 1.22. The van der Waals surface area contributed by atoms with Crippen LogP contribution in [0.3, 0.4) is 0 Å². The van der Waals surface area contributed by atoms with Crippen molar-refractivity contribution in [3.05, 3.63) is 52.7 Å². The maximum Gasteiger partial charge on any atom is 0.257 e. The number of carbonyl (C=O) groups excluding carboxylic acids is 1. The highest BCUT2D eigenvalue weighted by Gasteiger charge is 2.27. The van der Waals surface area contributed by atoms with Crippen LogP contribution in [0.1, 0.15) is 43.0 Å². The molecule has 1 atom stereocenters. The van der Waals surface area contributed by atoms with Crippen molar-refractivity contribution in [2.45, 2.75) is 38.6 Å². The Morgan fingerprint density at radius 1 is 1.24 bits per heavy atom. The fraction of sp³-hybridized carbons (Fsp3) is 0.417. The summed E-state index contributed by atoms with van der Waals surface area (Å²) < 4.78 is 7.06. The summed E-state index contributed by atoms with van der Waals surface area (Å²) in [4.78, 5) is 23.1. The minimum Gasteiger partial charge on any atom is -0.418 e. The summed E-state index contributed by atoms with van der Waals surface area (Å²) in [7, 11) is 0. The molecule has 5 rings (SSSR count). The third kappa shape index (κ3) is 5.15. The first-order valence-corrected chi connectivity index (χ1v) is 13.1. The lowest BCUT2D eigenvalue weighted by Crippen LogP contribution is -2.43. The molecule has 1 saturated heterocycles. The number of hydrogen-bond acceptors (Lipinski definition) is 8. The molecule has 1 amide bonds. The van der Waals surface area contributed by atoms with Gasteiger partial charge in [-0.3, -0.25) is 9.69 Å². The zero-order chi connectivity index (χ0) is 22.6. The highest BCUT2D eigenvalue weighted by atomic mass is 32.1. The second-order valence-corrected chi connectivity index (χ2v) is 10.4. The molecule has 0 bridgehead atoms. The minimum atomic E-state index is 0.109. The predicted octanol–water partition coefficient (Wildman–Crippen LogP) is 5.03. The van der Waals surface area contributed by atoms with E-state index < -0.39 is 0 Å². The van der Waals surface area contributed by atoms with Gasteiger partial charge in [-0.25, -0.2) is 4.98 Å². The average molecular weight is 482 g/mol. The standard InChI is InChI=1S/C24H27N5O2S2/c1-2-11-29(15-21-26-27-23(31-21)20-10-6-13-32-20)22(30)16-28-12-5-7-17(14-28)24-25-18-8-3-4-9-19(18)33-24/h3-4,6,8-10,13,17H,2,5,7,11-12,14-16H2,1H3. The van der Waals surface area contributed by atoms with Gasteiger partial charge in [0.05, 0.1) is 33.2 Å². The van der Waals surface area contributed by atoms with Gasteiger partial charge in [0.2, 0.25) is 11.8 Å². The van der Waals surface area contributed by atoms with E-state index in [1.807, 2.05) is 28.5 Å². The lowest BCUT2D eigenvalue weighted by Gasteiger charge is -2.32. The van der Waals surface area contributed by atoms with Crippen molar-refractivity contribution in [2.75, 3.05) is 26.2 Å². The van der Waals surface area contributed by atoms with Crippen LogP contribution in [0.25, 0.3) is 21.0 Å². The molecule has 0 radical (unpaired) electrons. The SMILES string of the molecule is CCCN(Cc1nnc(-c2cccs2)o1)C(=O)CN1CCCC(c2nc3ccccc3s2)C1. The Hall–Kier alpha value is -2.62. The molecule has 9 heteroatoms. The van der Waals surface area contributed by atoms with E-state index >= 15 is 0 Å². The van der Waals surface area contributed by atoms with Gasteiger partial charge in [-0.15, -0.1) is 32.9 Å². The lowest BCUT2D eigenvalue weighted by atomic mass is 9.98. The Morgan fingerprint density at radius 2 is 2.15 bits per heavy atom. The number of aromatic nitrogens is 3. The van der Waals surface area contributed by atoms with Crippen LogP contribution in [-0.4, -0.2) is 57.1 Å². The monoisotopic (exact) mass is 481 g/mol. The van der Waals surface area contributed by atoms with Gasteiger partial charge < -0.3 is 9.32 Å². The van der Waals surface area contributed by atoms with E-state index in [2.05, 4.69) is 40.2 Å². The van der Waals surface area contributed by atoms with Crippen molar-refractivity contribution < 1.29 is 9.21 Å². The van der Waals surface area contributed by atoms with E-state index in [0.717, 1.165) is 42.7 Å². The number of rotatable bonds is 8. The highest BCUT2D eigenvalue weighted by Crippen LogP contribution is 2.33. The molecule has 33 heavy (non-hydrogen) atoms. The minimum absolute atomic E-state index is 0.109. The number of nitrogens with zero attached hydrogens (tertiary/aromatic N) is 5. The number of thiazole rings is 1. The van der Waals surface area contributed by atoms with Crippen molar-refractivity contribution >= 4 is 38.8 Å². The number of likely N-dealkylation sites (tertiary alicyclic amines) is 1. The fourth-order valence-corrected chi connectivity index (χ4v) is 6.04. The van der Waals surface area contributed by atoms with E-state index in [9.17, 15) is 4.79 Å². The zero-order valence-electron chi connectivity index (χ0n) is 18.6. The van der Waals surface area contributed by atoms with Crippen LogP contribution in [0, 0.1) is 0 Å². The number of amides is 1. The number of benzene rings is 1. The van der Waals surface area contributed by atoms with E-state index in [1.165, 1.54) is 9.71 Å². The van der Waals surface area contributed by atoms with E-state index in [-0.39, 0.29) is 5.91 Å². The summed E-state index contributed by atoms with van der Waals surface area (Å²) in [6, 6.07) is 12.2. The molecular weight excluding hydrogens is 454 g/mol. The topological polar surface area (TPSA) is 75.4 Å². The Kier molecular flexibility index (Phi) is 6.80. The summed E-state index contributed by atoms with van der Waals surface area (Å²) in [5.41, 5.74) is 1.07. The van der Waals surface area contributed by atoms with Gasteiger partial charge in [0.1, 0.15) is 0 Å². The van der Waals surface area contributed by atoms with E-state index in [0.29, 0.717) is 37.3 Å². The first-order chi connectivity index (χ1) is 16.2. The zero-order valence-corrected chi connectivity index (χ0v) is 20.3. The van der Waals surface area contributed by atoms with Gasteiger partial charge >= 0.3 is 0 Å². The molecule has 1 fully saturated rings. The molecule has 1 aliphatic heterocycles. The van der Waals surface area contributed by atoms with Crippen LogP contribution in [0.5, 0.6) is 0 Å². The maximum atomic E-state index is 13.2. The number of hydrogen-bond donors (Lipinski definition) is 0. The van der Waals surface area contributed by atoms with Gasteiger partial charge in [-0.1, -0.05) is 25.1 Å². The van der Waals surface area contributed by atoms with Crippen LogP contribution in [-0.2, 0) is 11.3 Å². The van der Waals surface area contributed by atoms with Crippen LogP contribution in [0.2, 0.25) is 0 Å². The third-order valence-corrected chi connectivity index (χ3v) is 7.95. The van der Waals surface area contributed by atoms with E-state index in [1.54, 1.807) is 22.7 Å². The van der Waals surface area contributed by atoms with Crippen molar-refractivity contribution in [2.24, 2.45) is 0 Å². The first kappa shape index (κ1) is 22.2. The summed E-state index contributed by atoms with van der Waals surface area (Å²) in [5.74, 6) is 1.48. The van der Waals surface area contributed by atoms with Gasteiger partial charge in [-0.2, -0.15) is 0 Å². The van der Waals surface area contributed by atoms with Crippen molar-refractivity contribution in [1.29, 1.82) is 0 Å². The molecule has 172 valence electrons. The van der Waals surface area contributed by atoms with Crippen LogP contribution < -0.4 is 0 Å². The normalized spacial score (nSPS) is 16.9. The van der Waals surface area contributed by atoms with Crippen molar-refractivity contribution in [3.63, 3.8) is 0 Å². The predicted molar refractivity (Wildman–Crippen MR) is 131 cm³/mol. The molecule has 7 nitrogen and oxygen atoms in total. The Morgan fingerprint density at radius 3 is 2.97 bits per heavy atom. The van der Waals surface area contributed by atoms with Crippen molar-refractivity contribution in [3.8, 4) is 10.8 Å². The maximum absolute atomic E-state index is 13.2. The second-order valence-electron chi connectivity index (χ2n) is 8.39. The van der Waals surface area contributed by atoms with Crippen LogP contribution in [0.4, 0.5) is 0 Å². The smallest absolute Gasteiger partial charge is 0.257 e. The molecule has 0 spiro atoms. The van der Waals surface area contributed by atoms with Crippen molar-refractivity contribution in [1.82, 2.24) is 25.0 Å². The second kappa shape index (κ2) is 10.1. The highest BCUT2D eigenvalue weighted by molar-refractivity contribution is 7.18. The third-order valence-electron chi connectivity index (χ3n) is 5.90. The molecule has 3 aromatic heterocycles. The summed E-state index contributed by atoms with van der Waals surface area (Å²) in [5, 5.41) is 11.5. The van der Waals surface area contributed by atoms with Crippen LogP contribution in [0.15, 0.2) is 46.2 Å². The Bertz CT molecular complexity index is 1170. The number of fused-ring (bicyclic) bond motifs is 1. The van der Waals surface area contributed by atoms with Gasteiger partial charge in [0, 0.05) is 19.0 Å². The first-order valence-electron chi connectivity index (χ1n) is 11.4. The molecule has 1 aliphatic rings. The average Bonchev–Trinajstić information content (AvgIpc) is 3.59. The molecule has 4 heterocycles. The molecule has 0 N–H and O–H groups in total. The quantitative estimate of drug-likeness (QED) is 0.352. The van der Waals surface area contributed by atoms with Crippen LogP contribution >= 0.6 is 22.7 Å². The molecule has 4 aromatic rings. The molecular formula is C24H27N5O2S2. The molecule has 1 unspecified atom stereocenters. The molecule has 0 saturated carbocycles. The summed E-state index contributed by atoms with van der Waals surface area (Å²) >= 11 is 3.34. The number of piperidine rings is 1. The van der Waals surface area contributed by atoms with E-state index in [4.69, 9.17) is 9.40 Å². The fourth-order valence-electron chi connectivity index (χ4n) is 4.30. The van der Waals surface area contributed by atoms with Gasteiger partial charge in [0.15, 0.2) is 0 Å². The largest absolute Gasteiger partial charge is 0.418 e. The number of thiophene rings is 1.